The van der Waals surface area contributed by atoms with Crippen molar-refractivity contribution in [1.29, 1.82) is 0 Å². The molecule has 0 heterocycles. The summed E-state index contributed by atoms with van der Waals surface area (Å²) in [4.78, 5) is 8.67. The molecule has 8 nitrogen and oxygen atoms in total. The number of aliphatic hydroxyl groups excluding tert-OH is 1. The largest absolute Gasteiger partial charge is 0.418 e. The van der Waals surface area contributed by atoms with E-state index >= 15 is 0 Å². The topological polar surface area (TPSA) is 108 Å². The maximum absolute atomic E-state index is 12.7. The monoisotopic (exact) mass is 322 g/mol. The first-order valence-electron chi connectivity index (χ1n) is 5.86. The molecule has 0 bridgehead atoms. The van der Waals surface area contributed by atoms with Crippen LogP contribution in [-0.4, -0.2) is 22.4 Å². The van der Waals surface area contributed by atoms with Crippen LogP contribution in [0.1, 0.15) is 19.4 Å². The van der Waals surface area contributed by atoms with Crippen molar-refractivity contribution in [2.45, 2.75) is 32.2 Å². The van der Waals surface area contributed by atoms with Gasteiger partial charge >= 0.3 is 12.1 Å². The molecule has 0 amide bonds. The van der Waals surface area contributed by atoms with Crippen LogP contribution in [0.15, 0.2) is 45.0 Å². The maximum Gasteiger partial charge on any atom is 0.418 e. The number of hydrogen-bond acceptors (Lipinski definition) is 8. The van der Waals surface area contributed by atoms with Gasteiger partial charge in [-0.1, -0.05) is 17.2 Å². The molecule has 0 spiro atoms. The molecule has 2 atom stereocenters. The minimum atomic E-state index is -4.61. The molecule has 22 heavy (non-hydrogen) atoms. The van der Waals surface area contributed by atoms with Gasteiger partial charge in [-0.25, -0.2) is 0 Å². The molecule has 0 aliphatic heterocycles. The molecule has 0 aromatic heterocycles. The van der Waals surface area contributed by atoms with Crippen molar-refractivity contribution in [1.82, 2.24) is 0 Å². The van der Waals surface area contributed by atoms with E-state index in [2.05, 4.69) is 30.5 Å². The average molecular weight is 322 g/mol. The third-order valence-corrected chi connectivity index (χ3v) is 2.00. The van der Waals surface area contributed by atoms with Crippen molar-refractivity contribution >= 4 is 5.69 Å². The van der Waals surface area contributed by atoms with E-state index < -0.39 is 29.6 Å². The highest BCUT2D eigenvalue weighted by atomic mass is 19.4. The van der Waals surface area contributed by atoms with Crippen molar-refractivity contribution in [2.75, 3.05) is 0 Å². The molecule has 0 aliphatic carbocycles. The van der Waals surface area contributed by atoms with E-state index in [1.807, 2.05) is 0 Å². The number of alkyl halides is 3. The quantitative estimate of drug-likeness (QED) is 0.476. The fraction of sp³-hybridized carbons (Fsp3) is 0.455. The minimum Gasteiger partial charge on any atom is -0.357 e. The van der Waals surface area contributed by atoms with E-state index in [0.29, 0.717) is 0 Å². The van der Waals surface area contributed by atoms with Crippen molar-refractivity contribution in [3.05, 3.63) is 29.8 Å². The van der Waals surface area contributed by atoms with Crippen LogP contribution in [0.2, 0.25) is 0 Å². The smallest absolute Gasteiger partial charge is 0.357 e. The molecule has 2 N–H and O–H groups in total. The fourth-order valence-corrected chi connectivity index (χ4v) is 1.13. The summed E-state index contributed by atoms with van der Waals surface area (Å²) >= 11 is 0. The molecule has 1 rings (SSSR count). The third-order valence-electron chi connectivity index (χ3n) is 2.00. The Morgan fingerprint density at radius 2 is 1.82 bits per heavy atom. The summed E-state index contributed by atoms with van der Waals surface area (Å²) in [6.45, 7) is 2.22. The van der Waals surface area contributed by atoms with Crippen molar-refractivity contribution in [3.8, 4) is 0 Å². The van der Waals surface area contributed by atoms with Crippen LogP contribution in [0, 0.1) is 0 Å². The summed E-state index contributed by atoms with van der Waals surface area (Å²) in [6.07, 6.45) is -5.87. The maximum atomic E-state index is 12.7. The Labute approximate surface area is 122 Å². The van der Waals surface area contributed by atoms with E-state index in [1.54, 1.807) is 0 Å². The first-order chi connectivity index (χ1) is 10.1. The lowest BCUT2D eigenvalue weighted by Crippen LogP contribution is -2.22. The first kappa shape index (κ1) is 17.8. The SMILES string of the molecule is CC(O)O/N=N/C(C)(O)ON=Nc1ccccc1C(F)(F)F. The number of aliphatic hydroxyl groups is 2. The molecule has 2 unspecified atom stereocenters. The zero-order valence-corrected chi connectivity index (χ0v) is 11.5. The van der Waals surface area contributed by atoms with Crippen LogP contribution >= 0.6 is 0 Å². The van der Waals surface area contributed by atoms with Gasteiger partial charge in [-0.15, -0.1) is 5.11 Å². The molecular formula is C11H13F3N4O4. The molecule has 0 radical (unpaired) electrons. The van der Waals surface area contributed by atoms with Gasteiger partial charge in [-0.3, -0.25) is 0 Å². The Balaban J connectivity index is 2.76. The second-order valence-electron chi connectivity index (χ2n) is 4.11. The van der Waals surface area contributed by atoms with Gasteiger partial charge in [0, 0.05) is 24.4 Å². The molecule has 0 aliphatic rings. The van der Waals surface area contributed by atoms with Crippen LogP contribution < -0.4 is 0 Å². The van der Waals surface area contributed by atoms with Crippen LogP contribution in [0.5, 0.6) is 0 Å². The molecule has 1 aromatic rings. The highest BCUT2D eigenvalue weighted by molar-refractivity contribution is 5.46. The van der Waals surface area contributed by atoms with Crippen molar-refractivity contribution in [2.24, 2.45) is 20.8 Å². The Bertz CT molecular complexity index is 546. The van der Waals surface area contributed by atoms with Gasteiger partial charge in [-0.2, -0.15) is 13.2 Å². The Morgan fingerprint density at radius 1 is 1.18 bits per heavy atom. The predicted molar refractivity (Wildman–Crippen MR) is 65.3 cm³/mol. The van der Waals surface area contributed by atoms with E-state index in [9.17, 15) is 18.3 Å². The normalized spacial score (nSPS) is 16.7. The van der Waals surface area contributed by atoms with E-state index in [4.69, 9.17) is 5.11 Å². The van der Waals surface area contributed by atoms with E-state index in [1.165, 1.54) is 19.1 Å². The lowest BCUT2D eigenvalue weighted by atomic mass is 10.2. The molecule has 1 aromatic carbocycles. The lowest BCUT2D eigenvalue weighted by Gasteiger charge is -2.12. The van der Waals surface area contributed by atoms with Crippen molar-refractivity contribution < 1.29 is 33.1 Å². The summed E-state index contributed by atoms with van der Waals surface area (Å²) in [5, 5.41) is 30.5. The Morgan fingerprint density at radius 3 is 2.41 bits per heavy atom. The van der Waals surface area contributed by atoms with Crippen LogP contribution in [0.3, 0.4) is 0 Å². The summed E-state index contributed by atoms with van der Waals surface area (Å²) in [6, 6.07) is 4.42. The lowest BCUT2D eigenvalue weighted by molar-refractivity contribution is -0.204. The van der Waals surface area contributed by atoms with Crippen LogP contribution in [0.4, 0.5) is 18.9 Å². The molecule has 0 saturated carbocycles. The van der Waals surface area contributed by atoms with Gasteiger partial charge < -0.3 is 19.9 Å². The minimum absolute atomic E-state index is 0.497. The first-order valence-corrected chi connectivity index (χ1v) is 5.86. The van der Waals surface area contributed by atoms with Gasteiger partial charge in [0.1, 0.15) is 5.69 Å². The zero-order valence-electron chi connectivity index (χ0n) is 11.5. The molecular weight excluding hydrogens is 309 g/mol. The van der Waals surface area contributed by atoms with Gasteiger partial charge in [0.25, 0.3) is 0 Å². The van der Waals surface area contributed by atoms with E-state index in [-0.39, 0.29) is 0 Å². The highest BCUT2D eigenvalue weighted by Crippen LogP contribution is 2.36. The molecule has 11 heteroatoms. The van der Waals surface area contributed by atoms with Gasteiger partial charge in [-0.05, 0) is 12.1 Å². The molecule has 0 fully saturated rings. The second kappa shape index (κ2) is 7.13. The van der Waals surface area contributed by atoms with Gasteiger partial charge in [0.05, 0.1) is 5.56 Å². The summed E-state index contributed by atoms with van der Waals surface area (Å²) < 4.78 is 38.1. The average Bonchev–Trinajstić information content (AvgIpc) is 2.37. The number of benzene rings is 1. The summed E-state index contributed by atoms with van der Waals surface area (Å²) in [7, 11) is 0. The highest BCUT2D eigenvalue weighted by Gasteiger charge is 2.33. The standard InChI is InChI=1S/C11H13F3N4O4/c1-7(19)21-18-16-10(2,20)22-17-15-9-6-4-3-5-8(9)11(12,13)14/h3-7,19-20H,1-2H3/b17-15?,18-16+. The van der Waals surface area contributed by atoms with Crippen LogP contribution in [0.25, 0.3) is 0 Å². The number of rotatable bonds is 6. The van der Waals surface area contributed by atoms with Crippen LogP contribution in [-0.2, 0) is 15.9 Å². The third kappa shape index (κ3) is 6.01. The molecule has 0 saturated heterocycles. The van der Waals surface area contributed by atoms with Gasteiger partial charge in [0.15, 0.2) is 0 Å². The zero-order chi connectivity index (χ0) is 16.8. The summed E-state index contributed by atoms with van der Waals surface area (Å²) in [5.74, 6) is -2.33. The van der Waals surface area contributed by atoms with E-state index in [0.717, 1.165) is 19.1 Å². The van der Waals surface area contributed by atoms with Crippen molar-refractivity contribution in [3.63, 3.8) is 0 Å². The molecule has 122 valence electrons. The Kier molecular flexibility index (Phi) is 5.77. The van der Waals surface area contributed by atoms with Gasteiger partial charge in [0.2, 0.25) is 6.29 Å². The number of halogens is 3. The number of nitrogens with zero attached hydrogens (tertiary/aromatic N) is 4. The summed E-state index contributed by atoms with van der Waals surface area (Å²) in [5.41, 5.74) is -1.51. The number of hydrogen-bond donors (Lipinski definition) is 2. The fourth-order valence-electron chi connectivity index (χ4n) is 1.13. The second-order valence-corrected chi connectivity index (χ2v) is 4.11. The Hall–Kier alpha value is -2.27. The predicted octanol–water partition coefficient (Wildman–Crippen LogP) is 3.11.